The van der Waals surface area contributed by atoms with Gasteiger partial charge in [0, 0.05) is 41.0 Å². The maximum atomic E-state index is 13.5. The van der Waals surface area contributed by atoms with Crippen molar-refractivity contribution in [2.45, 2.75) is 34.9 Å². The van der Waals surface area contributed by atoms with Gasteiger partial charge in [0.1, 0.15) is 11.7 Å². The average molecular weight is 438 g/mol. The molecule has 1 atom stereocenters. The molecule has 1 aromatic heterocycles. The second-order valence-corrected chi connectivity index (χ2v) is 10.4. The lowest BCUT2D eigenvalue weighted by molar-refractivity contribution is 0.282. The van der Waals surface area contributed by atoms with Gasteiger partial charge in [-0.3, -0.25) is 0 Å². The normalized spacial score (nSPS) is 18.4. The third kappa shape index (κ3) is 4.17. The molecule has 1 fully saturated rings. The summed E-state index contributed by atoms with van der Waals surface area (Å²) in [6.45, 7) is 4.95. The molecule has 5 rings (SSSR count). The number of fused-ring (bicyclic) bond motifs is 2. The Morgan fingerprint density at radius 2 is 2.07 bits per heavy atom. The fourth-order valence-electron chi connectivity index (χ4n) is 4.12. The highest BCUT2D eigenvalue weighted by Crippen LogP contribution is 2.44. The zero-order valence-corrected chi connectivity index (χ0v) is 18.5. The first-order valence-electron chi connectivity index (χ1n) is 10.3. The van der Waals surface area contributed by atoms with Crippen LogP contribution in [0.1, 0.15) is 22.4 Å². The zero-order valence-electron chi connectivity index (χ0n) is 16.9. The highest BCUT2D eigenvalue weighted by atomic mass is 32.2. The Balaban J connectivity index is 1.39. The monoisotopic (exact) mass is 437 g/mol. The molecule has 0 amide bonds. The van der Waals surface area contributed by atoms with Crippen LogP contribution < -0.4 is 5.32 Å². The molecule has 3 heterocycles. The van der Waals surface area contributed by atoms with Crippen LogP contribution in [0, 0.1) is 12.7 Å². The van der Waals surface area contributed by atoms with E-state index in [1.807, 2.05) is 29.2 Å². The van der Waals surface area contributed by atoms with Gasteiger partial charge in [0.15, 0.2) is 0 Å². The molecule has 0 radical (unpaired) electrons. The van der Waals surface area contributed by atoms with Crippen LogP contribution in [0.25, 0.3) is 0 Å². The molecule has 1 N–H and O–H groups in total. The van der Waals surface area contributed by atoms with E-state index in [9.17, 15) is 4.39 Å². The molecule has 0 saturated carbocycles. The third-order valence-electron chi connectivity index (χ3n) is 5.58. The Morgan fingerprint density at radius 1 is 1.17 bits per heavy atom. The standard InChI is InChI=1S/C24H24FN3S2/c1-16-13-20-23(27-21-7-2-3-8-22(21)30-24(20)29-16)28-12-11-26-19(15-28)10-9-17-5-4-6-18(25)14-17/h2-8,13-14,19,26H,9-12,15H2,1H3/t19-/m0/s1. The van der Waals surface area contributed by atoms with Gasteiger partial charge in [0.25, 0.3) is 0 Å². The van der Waals surface area contributed by atoms with E-state index in [1.165, 1.54) is 25.6 Å². The summed E-state index contributed by atoms with van der Waals surface area (Å²) in [6, 6.07) is 18.0. The van der Waals surface area contributed by atoms with Crippen LogP contribution in [0.3, 0.4) is 0 Å². The molecule has 0 unspecified atom stereocenters. The van der Waals surface area contributed by atoms with Gasteiger partial charge in [-0.15, -0.1) is 11.3 Å². The molecule has 2 aliphatic rings. The third-order valence-corrected chi connectivity index (χ3v) is 7.90. The van der Waals surface area contributed by atoms with E-state index in [0.717, 1.165) is 49.6 Å². The van der Waals surface area contributed by atoms with E-state index >= 15 is 0 Å². The van der Waals surface area contributed by atoms with Gasteiger partial charge in [-0.2, -0.15) is 0 Å². The number of hydrogen-bond donors (Lipinski definition) is 1. The average Bonchev–Trinajstić information content (AvgIpc) is 3.04. The van der Waals surface area contributed by atoms with E-state index in [1.54, 1.807) is 12.1 Å². The second-order valence-electron chi connectivity index (χ2n) is 7.83. The molecule has 0 spiro atoms. The smallest absolute Gasteiger partial charge is 0.138 e. The zero-order chi connectivity index (χ0) is 20.5. The van der Waals surface area contributed by atoms with Crippen molar-refractivity contribution in [1.29, 1.82) is 0 Å². The number of aryl methyl sites for hydroxylation is 2. The van der Waals surface area contributed by atoms with Gasteiger partial charge in [-0.1, -0.05) is 36.0 Å². The summed E-state index contributed by atoms with van der Waals surface area (Å²) in [5.41, 5.74) is 3.36. The lowest BCUT2D eigenvalue weighted by Crippen LogP contribution is -2.52. The molecule has 154 valence electrons. The van der Waals surface area contributed by atoms with Crippen LogP contribution in [0.2, 0.25) is 0 Å². The maximum absolute atomic E-state index is 13.5. The van der Waals surface area contributed by atoms with Crippen molar-refractivity contribution >= 4 is 34.6 Å². The van der Waals surface area contributed by atoms with Crippen molar-refractivity contribution < 1.29 is 4.39 Å². The van der Waals surface area contributed by atoms with E-state index in [0.29, 0.717) is 6.04 Å². The Kier molecular flexibility index (Phi) is 5.63. The van der Waals surface area contributed by atoms with Gasteiger partial charge in [-0.05, 0) is 55.7 Å². The van der Waals surface area contributed by atoms with Crippen LogP contribution in [-0.4, -0.2) is 36.4 Å². The molecule has 30 heavy (non-hydrogen) atoms. The van der Waals surface area contributed by atoms with Crippen LogP contribution in [0.4, 0.5) is 10.1 Å². The number of thiophene rings is 1. The van der Waals surface area contributed by atoms with Crippen molar-refractivity contribution in [2.75, 3.05) is 19.6 Å². The fraction of sp³-hybridized carbons (Fsp3) is 0.292. The number of aliphatic imine (C=N–C) groups is 1. The van der Waals surface area contributed by atoms with E-state index in [2.05, 4.69) is 47.5 Å². The Bertz CT molecular complexity index is 1090. The quantitative estimate of drug-likeness (QED) is 0.574. The SMILES string of the molecule is Cc1cc2c(s1)Sc1ccccc1N=C2N1CCN[C@@H](CCc2cccc(F)c2)C1. The number of amidine groups is 1. The highest BCUT2D eigenvalue weighted by Gasteiger charge is 2.27. The Morgan fingerprint density at radius 3 is 2.97 bits per heavy atom. The summed E-state index contributed by atoms with van der Waals surface area (Å²) >= 11 is 3.68. The molecule has 1 saturated heterocycles. The number of rotatable bonds is 3. The summed E-state index contributed by atoms with van der Waals surface area (Å²) in [5.74, 6) is 0.930. The van der Waals surface area contributed by atoms with Gasteiger partial charge in [0.2, 0.25) is 0 Å². The number of benzene rings is 2. The number of nitrogens with one attached hydrogen (secondary N) is 1. The first kappa shape index (κ1) is 19.8. The Labute approximate surface area is 185 Å². The predicted octanol–water partition coefficient (Wildman–Crippen LogP) is 5.65. The topological polar surface area (TPSA) is 27.6 Å². The molecule has 2 aliphatic heterocycles. The van der Waals surface area contributed by atoms with Crippen molar-refractivity contribution in [2.24, 2.45) is 4.99 Å². The second kappa shape index (κ2) is 8.53. The first-order chi connectivity index (χ1) is 14.7. The lowest BCUT2D eigenvalue weighted by atomic mass is 10.0. The lowest BCUT2D eigenvalue weighted by Gasteiger charge is -2.36. The summed E-state index contributed by atoms with van der Waals surface area (Å²) in [4.78, 5) is 10.1. The number of halogens is 1. The minimum atomic E-state index is -0.157. The fourth-order valence-corrected chi connectivity index (χ4v) is 6.50. The maximum Gasteiger partial charge on any atom is 0.138 e. The highest BCUT2D eigenvalue weighted by molar-refractivity contribution is 8.01. The number of piperazine rings is 1. The summed E-state index contributed by atoms with van der Waals surface area (Å²) < 4.78 is 14.8. The molecule has 0 bridgehead atoms. The molecule has 6 heteroatoms. The van der Waals surface area contributed by atoms with Gasteiger partial charge in [0.05, 0.1) is 9.90 Å². The molecular formula is C24H24FN3S2. The van der Waals surface area contributed by atoms with E-state index in [-0.39, 0.29) is 5.82 Å². The number of hydrogen-bond acceptors (Lipinski definition) is 5. The summed E-state index contributed by atoms with van der Waals surface area (Å²) in [6.07, 6.45) is 1.85. The predicted molar refractivity (Wildman–Crippen MR) is 124 cm³/mol. The Hall–Kier alpha value is -2.15. The molecular weight excluding hydrogens is 413 g/mol. The van der Waals surface area contributed by atoms with Crippen LogP contribution in [0.5, 0.6) is 0 Å². The minimum absolute atomic E-state index is 0.157. The van der Waals surface area contributed by atoms with Gasteiger partial charge < -0.3 is 10.2 Å². The van der Waals surface area contributed by atoms with Crippen molar-refractivity contribution in [3.8, 4) is 0 Å². The molecule has 3 aromatic rings. The van der Waals surface area contributed by atoms with Crippen molar-refractivity contribution in [3.63, 3.8) is 0 Å². The van der Waals surface area contributed by atoms with Gasteiger partial charge in [-0.25, -0.2) is 9.38 Å². The van der Waals surface area contributed by atoms with E-state index < -0.39 is 0 Å². The van der Waals surface area contributed by atoms with Crippen LogP contribution >= 0.6 is 23.1 Å². The van der Waals surface area contributed by atoms with Crippen LogP contribution in [0.15, 0.2) is 68.7 Å². The first-order valence-corrected chi connectivity index (χ1v) is 12.0. The molecule has 2 aromatic carbocycles. The molecule has 0 aliphatic carbocycles. The number of nitrogens with zero attached hydrogens (tertiary/aromatic N) is 2. The minimum Gasteiger partial charge on any atom is -0.353 e. The van der Waals surface area contributed by atoms with Crippen LogP contribution in [-0.2, 0) is 6.42 Å². The number of para-hydroxylation sites is 1. The summed E-state index contributed by atoms with van der Waals surface area (Å²) in [7, 11) is 0. The van der Waals surface area contributed by atoms with Crippen molar-refractivity contribution in [3.05, 3.63) is 76.4 Å². The molecule has 3 nitrogen and oxygen atoms in total. The summed E-state index contributed by atoms with van der Waals surface area (Å²) in [5, 5.41) is 3.64. The largest absolute Gasteiger partial charge is 0.353 e. The van der Waals surface area contributed by atoms with E-state index in [4.69, 9.17) is 4.99 Å². The van der Waals surface area contributed by atoms with Gasteiger partial charge >= 0.3 is 0 Å². The van der Waals surface area contributed by atoms with Crippen molar-refractivity contribution in [1.82, 2.24) is 10.2 Å².